The second-order valence-corrected chi connectivity index (χ2v) is 3.53. The van der Waals surface area contributed by atoms with Gasteiger partial charge in [0.1, 0.15) is 0 Å². The fraction of sp³-hybridized carbons (Fsp3) is 0.0714. The molecule has 0 saturated carbocycles. The molecule has 17 heavy (non-hydrogen) atoms. The lowest BCUT2D eigenvalue weighted by atomic mass is 10.2. The number of hydroxylamine groups is 2. The maximum atomic E-state index is 9.00. The van der Waals surface area contributed by atoms with Gasteiger partial charge in [0.05, 0.1) is 6.54 Å². The summed E-state index contributed by atoms with van der Waals surface area (Å²) in [5, 5.41) is 10.3. The molecule has 2 aromatic rings. The van der Waals surface area contributed by atoms with Crippen LogP contribution in [-0.2, 0) is 6.54 Å². The van der Waals surface area contributed by atoms with Crippen molar-refractivity contribution in [2.75, 3.05) is 0 Å². The lowest BCUT2D eigenvalue weighted by molar-refractivity contribution is -0.00556. The van der Waals surface area contributed by atoms with Crippen LogP contribution >= 0.6 is 0 Å². The van der Waals surface area contributed by atoms with Crippen molar-refractivity contribution in [1.82, 2.24) is 5.06 Å². The van der Waals surface area contributed by atoms with Crippen LogP contribution in [0.2, 0.25) is 0 Å². The van der Waals surface area contributed by atoms with Crippen molar-refractivity contribution in [1.29, 1.82) is 5.26 Å². The van der Waals surface area contributed by atoms with E-state index in [9.17, 15) is 0 Å². The van der Waals surface area contributed by atoms with Crippen LogP contribution < -0.4 is 4.84 Å². The van der Waals surface area contributed by atoms with Crippen molar-refractivity contribution >= 4 is 0 Å². The highest BCUT2D eigenvalue weighted by Crippen LogP contribution is 2.12. The zero-order chi connectivity index (χ0) is 11.9. The largest absolute Gasteiger partial charge is 0.370 e. The molecule has 0 radical (unpaired) electrons. The van der Waals surface area contributed by atoms with Crippen LogP contribution in [-0.4, -0.2) is 5.06 Å². The van der Waals surface area contributed by atoms with E-state index in [0.29, 0.717) is 12.3 Å². The molecule has 0 aliphatic rings. The van der Waals surface area contributed by atoms with E-state index in [2.05, 4.69) is 0 Å². The summed E-state index contributed by atoms with van der Waals surface area (Å²) in [6.45, 7) is 0.437. The molecule has 0 fully saturated rings. The van der Waals surface area contributed by atoms with E-state index in [1.165, 1.54) is 5.06 Å². The predicted octanol–water partition coefficient (Wildman–Crippen LogP) is 2.96. The van der Waals surface area contributed by atoms with Crippen LogP contribution in [0.25, 0.3) is 0 Å². The van der Waals surface area contributed by atoms with Crippen molar-refractivity contribution in [2.24, 2.45) is 0 Å². The summed E-state index contributed by atoms with van der Waals surface area (Å²) < 4.78 is 0. The van der Waals surface area contributed by atoms with Gasteiger partial charge < -0.3 is 4.84 Å². The lowest BCUT2D eigenvalue weighted by Crippen LogP contribution is -2.21. The van der Waals surface area contributed by atoms with Crippen LogP contribution in [0.5, 0.6) is 5.75 Å². The topological polar surface area (TPSA) is 36.3 Å². The summed E-state index contributed by atoms with van der Waals surface area (Å²) in [6, 6.07) is 19.0. The summed E-state index contributed by atoms with van der Waals surface area (Å²) in [6.07, 6.45) is 2.01. The minimum atomic E-state index is 0.437. The third kappa shape index (κ3) is 3.25. The third-order valence-corrected chi connectivity index (χ3v) is 2.24. The molecule has 0 aliphatic carbocycles. The Morgan fingerprint density at radius 1 is 0.941 bits per heavy atom. The Labute approximate surface area is 100 Å². The van der Waals surface area contributed by atoms with Gasteiger partial charge in [0.2, 0.25) is 6.19 Å². The monoisotopic (exact) mass is 224 g/mol. The Morgan fingerprint density at radius 2 is 1.53 bits per heavy atom. The molecule has 0 aromatic heterocycles. The van der Waals surface area contributed by atoms with Crippen molar-refractivity contribution in [3.05, 3.63) is 66.2 Å². The zero-order valence-electron chi connectivity index (χ0n) is 9.28. The van der Waals surface area contributed by atoms with Crippen LogP contribution in [0.3, 0.4) is 0 Å². The van der Waals surface area contributed by atoms with E-state index in [4.69, 9.17) is 10.1 Å². The van der Waals surface area contributed by atoms with Gasteiger partial charge in [-0.1, -0.05) is 48.5 Å². The van der Waals surface area contributed by atoms with E-state index in [1.807, 2.05) is 66.9 Å². The second kappa shape index (κ2) is 5.57. The van der Waals surface area contributed by atoms with Crippen LogP contribution in [0, 0.1) is 11.5 Å². The Balaban J connectivity index is 2.01. The molecule has 0 spiro atoms. The molecule has 0 saturated heterocycles. The van der Waals surface area contributed by atoms with E-state index in [1.54, 1.807) is 0 Å². The van der Waals surface area contributed by atoms with E-state index >= 15 is 0 Å². The zero-order valence-corrected chi connectivity index (χ0v) is 9.28. The molecule has 0 atom stereocenters. The first-order valence-electron chi connectivity index (χ1n) is 5.33. The Kier molecular flexibility index (Phi) is 3.61. The van der Waals surface area contributed by atoms with Gasteiger partial charge in [-0.25, -0.2) is 0 Å². The van der Waals surface area contributed by atoms with E-state index < -0.39 is 0 Å². The molecule has 2 aromatic carbocycles. The quantitative estimate of drug-likeness (QED) is 0.455. The first kappa shape index (κ1) is 11.0. The number of benzene rings is 2. The molecule has 0 amide bonds. The van der Waals surface area contributed by atoms with Crippen molar-refractivity contribution in [2.45, 2.75) is 6.54 Å². The molecular weight excluding hydrogens is 212 g/mol. The fourth-order valence-electron chi connectivity index (χ4n) is 1.45. The number of hydrogen-bond donors (Lipinski definition) is 0. The number of nitriles is 1. The normalized spacial score (nSPS) is 9.35. The first-order chi connectivity index (χ1) is 8.38. The number of hydrogen-bond acceptors (Lipinski definition) is 3. The van der Waals surface area contributed by atoms with Crippen LogP contribution in [0.15, 0.2) is 60.7 Å². The standard InChI is InChI=1S/C14H12N2O/c15-12-16(11-13-7-3-1-4-8-13)17-14-9-5-2-6-10-14/h1-10H,11H2. The van der Waals surface area contributed by atoms with Crippen LogP contribution in [0.4, 0.5) is 0 Å². The van der Waals surface area contributed by atoms with Crippen molar-refractivity contribution in [3.8, 4) is 11.9 Å². The molecule has 3 heteroatoms. The molecule has 0 aliphatic heterocycles. The molecule has 0 N–H and O–H groups in total. The highest BCUT2D eigenvalue weighted by Gasteiger charge is 2.04. The van der Waals surface area contributed by atoms with E-state index in [-0.39, 0.29) is 0 Å². The summed E-state index contributed by atoms with van der Waals surface area (Å²) in [5.41, 5.74) is 1.03. The molecule has 2 rings (SSSR count). The van der Waals surface area contributed by atoms with Gasteiger partial charge in [0.25, 0.3) is 0 Å². The maximum Gasteiger partial charge on any atom is 0.215 e. The average molecular weight is 224 g/mol. The second-order valence-electron chi connectivity index (χ2n) is 3.53. The highest BCUT2D eigenvalue weighted by atomic mass is 16.7. The Bertz CT molecular complexity index is 449. The smallest absolute Gasteiger partial charge is 0.215 e. The molecule has 84 valence electrons. The Morgan fingerprint density at radius 3 is 2.12 bits per heavy atom. The van der Waals surface area contributed by atoms with Gasteiger partial charge in [-0.2, -0.15) is 5.26 Å². The summed E-state index contributed by atoms with van der Waals surface area (Å²) >= 11 is 0. The number of nitrogens with zero attached hydrogens (tertiary/aromatic N) is 2. The highest BCUT2D eigenvalue weighted by molar-refractivity contribution is 5.21. The summed E-state index contributed by atoms with van der Waals surface area (Å²) in [4.78, 5) is 5.44. The van der Waals surface area contributed by atoms with Gasteiger partial charge in [-0.05, 0) is 17.7 Å². The van der Waals surface area contributed by atoms with Crippen molar-refractivity contribution in [3.63, 3.8) is 0 Å². The van der Waals surface area contributed by atoms with Gasteiger partial charge in [0, 0.05) is 0 Å². The predicted molar refractivity (Wildman–Crippen MR) is 64.7 cm³/mol. The third-order valence-electron chi connectivity index (χ3n) is 2.24. The minimum Gasteiger partial charge on any atom is -0.370 e. The van der Waals surface area contributed by atoms with E-state index in [0.717, 1.165) is 5.56 Å². The number of rotatable bonds is 4. The molecule has 0 unspecified atom stereocenters. The first-order valence-corrected chi connectivity index (χ1v) is 5.33. The molecule has 0 heterocycles. The van der Waals surface area contributed by atoms with Gasteiger partial charge >= 0.3 is 0 Å². The van der Waals surface area contributed by atoms with Gasteiger partial charge in [-0.3, -0.25) is 0 Å². The fourth-order valence-corrected chi connectivity index (χ4v) is 1.45. The number of para-hydroxylation sites is 1. The maximum absolute atomic E-state index is 9.00. The average Bonchev–Trinajstić information content (AvgIpc) is 2.40. The van der Waals surface area contributed by atoms with Gasteiger partial charge in [0.15, 0.2) is 5.75 Å². The SMILES string of the molecule is N#CN(Cc1ccccc1)Oc1ccccc1. The molecule has 3 nitrogen and oxygen atoms in total. The van der Waals surface area contributed by atoms with Crippen molar-refractivity contribution < 1.29 is 4.84 Å². The van der Waals surface area contributed by atoms with Crippen LogP contribution in [0.1, 0.15) is 5.56 Å². The minimum absolute atomic E-state index is 0.437. The molecule has 0 bridgehead atoms. The summed E-state index contributed by atoms with van der Waals surface area (Å²) in [7, 11) is 0. The molecular formula is C14H12N2O. The Hall–Kier alpha value is -2.47. The van der Waals surface area contributed by atoms with Gasteiger partial charge in [-0.15, -0.1) is 5.06 Å². The lowest BCUT2D eigenvalue weighted by Gasteiger charge is -2.15. The summed E-state index contributed by atoms with van der Waals surface area (Å²) in [5.74, 6) is 0.657.